The van der Waals surface area contributed by atoms with E-state index >= 15 is 0 Å². The lowest BCUT2D eigenvalue weighted by Gasteiger charge is -2.15. The summed E-state index contributed by atoms with van der Waals surface area (Å²) >= 11 is 3.36. The topological polar surface area (TPSA) is 60.9 Å². The summed E-state index contributed by atoms with van der Waals surface area (Å²) in [5, 5.41) is 4.37. The maximum Gasteiger partial charge on any atom is 0.259 e. The summed E-state index contributed by atoms with van der Waals surface area (Å²) in [5.41, 5.74) is 10.3. The van der Waals surface area contributed by atoms with Gasteiger partial charge in [0.1, 0.15) is 0 Å². The molecule has 0 atom stereocenters. The molecule has 1 aliphatic carbocycles. The third kappa shape index (κ3) is 2.07. The molecule has 0 aliphatic heterocycles. The molecule has 0 fully saturated rings. The minimum atomic E-state index is -0.305. The highest BCUT2D eigenvalue weighted by atomic mass is 32.2. The quantitative estimate of drug-likeness (QED) is 0.884. The van der Waals surface area contributed by atoms with Gasteiger partial charge in [0.15, 0.2) is 0 Å². The fraction of sp³-hybridized carbons (Fsp3) is 0.429. The molecule has 6 heteroatoms. The van der Waals surface area contributed by atoms with Crippen molar-refractivity contribution in [3.8, 4) is 11.3 Å². The molecule has 3 rings (SSSR count). The van der Waals surface area contributed by atoms with E-state index < -0.39 is 0 Å². The number of hydrogen-bond acceptors (Lipinski definition) is 4. The van der Waals surface area contributed by atoms with E-state index in [1.807, 2.05) is 29.7 Å². The summed E-state index contributed by atoms with van der Waals surface area (Å²) in [7, 11) is 1.96. The second-order valence-corrected chi connectivity index (χ2v) is 7.31. The van der Waals surface area contributed by atoms with Gasteiger partial charge < -0.3 is 5.73 Å². The minimum absolute atomic E-state index is 0.305. The van der Waals surface area contributed by atoms with Gasteiger partial charge >= 0.3 is 0 Å². The molecule has 0 saturated carbocycles. The molecule has 4 nitrogen and oxygen atoms in total. The summed E-state index contributed by atoms with van der Waals surface area (Å²) in [6.07, 6.45) is 4.87. The normalized spacial score (nSPS) is 13.1. The number of carbonyl (C=O) groups is 1. The van der Waals surface area contributed by atoms with Crippen molar-refractivity contribution >= 4 is 29.0 Å². The van der Waals surface area contributed by atoms with Gasteiger partial charge in [0.2, 0.25) is 0 Å². The summed E-state index contributed by atoms with van der Waals surface area (Å²) in [6.45, 7) is 2.16. The molecule has 0 unspecified atom stereocenters. The number of hydrogen-bond donors (Lipinski definition) is 1. The molecule has 20 heavy (non-hydrogen) atoms. The first-order chi connectivity index (χ1) is 9.63. The smallest absolute Gasteiger partial charge is 0.259 e. The molecule has 0 bridgehead atoms. The van der Waals surface area contributed by atoms with Gasteiger partial charge in [0.25, 0.3) is 5.91 Å². The highest BCUT2D eigenvalue weighted by molar-refractivity contribution is 8.01. The summed E-state index contributed by atoms with van der Waals surface area (Å²) in [6, 6.07) is 0. The van der Waals surface area contributed by atoms with E-state index in [4.69, 9.17) is 5.73 Å². The van der Waals surface area contributed by atoms with Crippen molar-refractivity contribution < 1.29 is 4.79 Å². The second-order valence-electron chi connectivity index (χ2n) is 4.93. The average molecular weight is 307 g/mol. The molecule has 0 radical (unpaired) electrons. The van der Waals surface area contributed by atoms with E-state index in [1.165, 1.54) is 15.3 Å². The molecular weight excluding hydrogens is 290 g/mol. The molecule has 0 saturated heterocycles. The first-order valence-corrected chi connectivity index (χ1v) is 8.53. The molecule has 2 aromatic heterocycles. The molecular formula is C14H17N3OS2. The van der Waals surface area contributed by atoms with E-state index in [1.54, 1.807) is 11.3 Å². The monoisotopic (exact) mass is 307 g/mol. The van der Waals surface area contributed by atoms with Gasteiger partial charge in [-0.2, -0.15) is 5.10 Å². The van der Waals surface area contributed by atoms with Crippen LogP contribution in [0.3, 0.4) is 0 Å². The predicted octanol–water partition coefficient (Wildman–Crippen LogP) is 2.85. The Morgan fingerprint density at radius 2 is 2.35 bits per heavy atom. The van der Waals surface area contributed by atoms with Crippen molar-refractivity contribution in [1.82, 2.24) is 9.78 Å². The highest BCUT2D eigenvalue weighted by Gasteiger charge is 2.29. The Morgan fingerprint density at radius 3 is 3.05 bits per heavy atom. The van der Waals surface area contributed by atoms with Crippen molar-refractivity contribution in [1.29, 1.82) is 0 Å². The van der Waals surface area contributed by atoms with Crippen LogP contribution in [0.4, 0.5) is 0 Å². The van der Waals surface area contributed by atoms with Crippen LogP contribution < -0.4 is 5.73 Å². The SMILES string of the molecule is CCCSc1sc(C(N)=O)c2c1-c1c(cnn1C)CC2. The zero-order valence-corrected chi connectivity index (χ0v) is 13.2. The average Bonchev–Trinajstić information content (AvgIpc) is 2.97. The van der Waals surface area contributed by atoms with Gasteiger partial charge in [-0.05, 0) is 36.1 Å². The number of primary amides is 1. The van der Waals surface area contributed by atoms with Crippen LogP contribution in [0.5, 0.6) is 0 Å². The number of thiophene rings is 1. The number of aryl methyl sites for hydroxylation is 2. The van der Waals surface area contributed by atoms with Crippen LogP contribution in [0.2, 0.25) is 0 Å². The summed E-state index contributed by atoms with van der Waals surface area (Å²) < 4.78 is 3.13. The van der Waals surface area contributed by atoms with Crippen molar-refractivity contribution in [3.05, 3.63) is 22.2 Å². The van der Waals surface area contributed by atoms with Gasteiger partial charge in [-0.25, -0.2) is 0 Å². The maximum absolute atomic E-state index is 11.7. The standard InChI is InChI=1S/C14H17N3OS2/c1-3-6-19-14-10-9(12(20-14)13(15)18)5-4-8-7-16-17(2)11(8)10/h7H,3-6H2,1-2H3,(H2,15,18). The number of aromatic nitrogens is 2. The van der Waals surface area contributed by atoms with Crippen LogP contribution in [0.15, 0.2) is 10.4 Å². The van der Waals surface area contributed by atoms with Gasteiger partial charge in [-0.3, -0.25) is 9.48 Å². The maximum atomic E-state index is 11.7. The van der Waals surface area contributed by atoms with Crippen LogP contribution in [0.1, 0.15) is 34.1 Å². The molecule has 1 amide bonds. The van der Waals surface area contributed by atoms with Crippen molar-refractivity contribution in [2.24, 2.45) is 12.8 Å². The Bertz CT molecular complexity index is 672. The minimum Gasteiger partial charge on any atom is -0.365 e. The molecule has 106 valence electrons. The highest BCUT2D eigenvalue weighted by Crippen LogP contribution is 2.46. The summed E-state index contributed by atoms with van der Waals surface area (Å²) in [5.74, 6) is 0.749. The van der Waals surface area contributed by atoms with Crippen LogP contribution in [0.25, 0.3) is 11.3 Å². The largest absolute Gasteiger partial charge is 0.365 e. The van der Waals surface area contributed by atoms with E-state index in [0.29, 0.717) is 0 Å². The Balaban J connectivity index is 2.19. The molecule has 2 aromatic rings. The second kappa shape index (κ2) is 5.26. The van der Waals surface area contributed by atoms with E-state index in [2.05, 4.69) is 12.0 Å². The number of carbonyl (C=O) groups excluding carboxylic acids is 1. The van der Waals surface area contributed by atoms with Crippen molar-refractivity contribution in [2.45, 2.75) is 30.4 Å². The fourth-order valence-corrected chi connectivity index (χ4v) is 5.09. The number of rotatable bonds is 4. The van der Waals surface area contributed by atoms with Gasteiger partial charge in [-0.1, -0.05) is 6.92 Å². The predicted molar refractivity (Wildman–Crippen MR) is 83.5 cm³/mol. The lowest BCUT2D eigenvalue weighted by atomic mass is 9.92. The molecule has 2 N–H and O–H groups in total. The van der Waals surface area contributed by atoms with Gasteiger partial charge in [0, 0.05) is 12.6 Å². The van der Waals surface area contributed by atoms with Crippen LogP contribution in [-0.4, -0.2) is 21.4 Å². The number of amides is 1. The van der Waals surface area contributed by atoms with E-state index in [0.717, 1.165) is 41.1 Å². The van der Waals surface area contributed by atoms with Crippen molar-refractivity contribution in [3.63, 3.8) is 0 Å². The number of thioether (sulfide) groups is 1. The van der Waals surface area contributed by atoms with Gasteiger partial charge in [0.05, 0.1) is 21.0 Å². The molecule has 0 spiro atoms. The van der Waals surface area contributed by atoms with Crippen molar-refractivity contribution in [2.75, 3.05) is 5.75 Å². The lowest BCUT2D eigenvalue weighted by molar-refractivity contribution is 0.100. The van der Waals surface area contributed by atoms with Crippen LogP contribution in [0, 0.1) is 0 Å². The zero-order valence-electron chi connectivity index (χ0n) is 11.6. The van der Waals surface area contributed by atoms with E-state index in [9.17, 15) is 4.79 Å². The number of fused-ring (bicyclic) bond motifs is 3. The Hall–Kier alpha value is -1.27. The van der Waals surface area contributed by atoms with Gasteiger partial charge in [-0.15, -0.1) is 23.1 Å². The van der Waals surface area contributed by atoms with Crippen LogP contribution in [-0.2, 0) is 19.9 Å². The zero-order chi connectivity index (χ0) is 14.3. The third-order valence-electron chi connectivity index (χ3n) is 3.53. The Morgan fingerprint density at radius 1 is 1.55 bits per heavy atom. The molecule has 2 heterocycles. The molecule has 0 aromatic carbocycles. The number of nitrogens with two attached hydrogens (primary N) is 1. The fourth-order valence-electron chi connectivity index (χ4n) is 2.66. The van der Waals surface area contributed by atoms with E-state index in [-0.39, 0.29) is 5.91 Å². The molecule has 1 aliphatic rings. The summed E-state index contributed by atoms with van der Waals surface area (Å²) in [4.78, 5) is 12.4. The Kier molecular flexibility index (Phi) is 3.60. The first-order valence-electron chi connectivity index (χ1n) is 6.73. The first kappa shape index (κ1) is 13.7. The Labute approximate surface area is 126 Å². The third-order valence-corrected chi connectivity index (χ3v) is 6.25. The number of nitrogens with zero attached hydrogens (tertiary/aromatic N) is 2. The lowest BCUT2D eigenvalue weighted by Crippen LogP contribution is -2.13. The van der Waals surface area contributed by atoms with Crippen LogP contribution >= 0.6 is 23.1 Å².